The average Bonchev–Trinajstić information content (AvgIpc) is 2.70. The van der Waals surface area contributed by atoms with Gasteiger partial charge in [0.25, 0.3) is 0 Å². The predicted octanol–water partition coefficient (Wildman–Crippen LogP) is 2.27. The molecule has 5 heteroatoms. The van der Waals surface area contributed by atoms with E-state index in [0.29, 0.717) is 11.4 Å². The Morgan fingerprint density at radius 3 is 2.76 bits per heavy atom. The summed E-state index contributed by atoms with van der Waals surface area (Å²) in [5.74, 6) is 0. The molecule has 1 heterocycles. The summed E-state index contributed by atoms with van der Waals surface area (Å²) < 4.78 is 0. The molecule has 0 amide bonds. The summed E-state index contributed by atoms with van der Waals surface area (Å²) in [5, 5.41) is 6.50. The smallest absolute Gasteiger partial charge is 0.0897 e. The Hall–Kier alpha value is -1.75. The number of aryl methyl sites for hydroxylation is 1. The maximum atomic E-state index is 5.73. The average molecular weight is 248 g/mol. The molecule has 0 saturated heterocycles. The molecule has 1 aromatic heterocycles. The van der Waals surface area contributed by atoms with Gasteiger partial charge in [0.2, 0.25) is 0 Å². The van der Waals surface area contributed by atoms with Crippen LogP contribution in [0.15, 0.2) is 23.6 Å². The molecule has 0 aliphatic heterocycles. The van der Waals surface area contributed by atoms with Crippen LogP contribution in [0.2, 0.25) is 0 Å². The molecule has 1 aromatic carbocycles. The molecule has 0 fully saturated rings. The molecule has 0 spiro atoms. The number of nitrogen functional groups attached to an aromatic ring is 2. The molecule has 2 aromatic rings. The fourth-order valence-corrected chi connectivity index (χ4v) is 2.19. The molecule has 0 radical (unpaired) electrons. The monoisotopic (exact) mass is 248 g/mol. The summed E-state index contributed by atoms with van der Waals surface area (Å²) in [4.78, 5) is 4.41. The lowest BCUT2D eigenvalue weighted by Gasteiger charge is -2.07. The maximum Gasteiger partial charge on any atom is 0.0897 e. The quantitative estimate of drug-likeness (QED) is 0.725. The van der Waals surface area contributed by atoms with Crippen molar-refractivity contribution in [1.82, 2.24) is 4.98 Å². The number of aromatic nitrogens is 1. The van der Waals surface area contributed by atoms with Crippen molar-refractivity contribution < 1.29 is 0 Å². The third-order valence-electron chi connectivity index (χ3n) is 2.46. The lowest BCUT2D eigenvalue weighted by Crippen LogP contribution is -2.06. The predicted molar refractivity (Wildman–Crippen MR) is 74.3 cm³/mol. The first kappa shape index (κ1) is 11.7. The van der Waals surface area contributed by atoms with E-state index in [2.05, 4.69) is 15.7 Å². The number of hydrogen-bond donors (Lipinski definition) is 3. The Kier molecular flexibility index (Phi) is 3.49. The molecule has 0 atom stereocenters. The Labute approximate surface area is 105 Å². The molecule has 0 aliphatic rings. The molecule has 90 valence electrons. The lowest BCUT2D eigenvalue weighted by molar-refractivity contribution is 0.969. The second kappa shape index (κ2) is 5.05. The standard InChI is InChI=1S/C12H16N4S/c1-8-16-10(7-17-8)4-5-15-9-2-3-11(13)12(14)6-9/h2-3,6-7,15H,4-5,13-14H2,1H3. The third kappa shape index (κ3) is 3.10. The van der Waals surface area contributed by atoms with Crippen molar-refractivity contribution in [3.05, 3.63) is 34.3 Å². The number of benzene rings is 1. The van der Waals surface area contributed by atoms with Gasteiger partial charge in [0.15, 0.2) is 0 Å². The van der Waals surface area contributed by atoms with E-state index in [1.807, 2.05) is 25.1 Å². The van der Waals surface area contributed by atoms with E-state index in [1.165, 1.54) is 0 Å². The summed E-state index contributed by atoms with van der Waals surface area (Å²) in [6, 6.07) is 5.59. The number of hydrogen-bond acceptors (Lipinski definition) is 5. The lowest BCUT2D eigenvalue weighted by atomic mass is 10.2. The van der Waals surface area contributed by atoms with Crippen LogP contribution >= 0.6 is 11.3 Å². The van der Waals surface area contributed by atoms with E-state index in [9.17, 15) is 0 Å². The highest BCUT2D eigenvalue weighted by Gasteiger charge is 1.99. The van der Waals surface area contributed by atoms with Crippen molar-refractivity contribution in [1.29, 1.82) is 0 Å². The first-order chi connectivity index (χ1) is 8.15. The van der Waals surface area contributed by atoms with E-state index < -0.39 is 0 Å². The summed E-state index contributed by atoms with van der Waals surface area (Å²) in [7, 11) is 0. The molecule has 0 aliphatic carbocycles. The number of rotatable bonds is 4. The van der Waals surface area contributed by atoms with E-state index in [4.69, 9.17) is 11.5 Å². The number of nitrogens with zero attached hydrogens (tertiary/aromatic N) is 1. The second-order valence-electron chi connectivity index (χ2n) is 3.88. The zero-order chi connectivity index (χ0) is 12.3. The SMILES string of the molecule is Cc1nc(CCNc2ccc(N)c(N)c2)cs1. The van der Waals surface area contributed by atoms with Crippen molar-refractivity contribution >= 4 is 28.4 Å². The van der Waals surface area contributed by atoms with Gasteiger partial charge < -0.3 is 16.8 Å². The Morgan fingerprint density at radius 1 is 1.29 bits per heavy atom. The first-order valence-electron chi connectivity index (χ1n) is 5.45. The van der Waals surface area contributed by atoms with Crippen LogP contribution in [-0.4, -0.2) is 11.5 Å². The van der Waals surface area contributed by atoms with Crippen LogP contribution in [0.3, 0.4) is 0 Å². The molecular weight excluding hydrogens is 232 g/mol. The van der Waals surface area contributed by atoms with Crippen molar-refractivity contribution in [2.24, 2.45) is 0 Å². The summed E-state index contributed by atoms with van der Waals surface area (Å²) in [5.41, 5.74) is 14.7. The van der Waals surface area contributed by atoms with Gasteiger partial charge >= 0.3 is 0 Å². The van der Waals surface area contributed by atoms with Gasteiger partial charge in [0.1, 0.15) is 0 Å². The minimum absolute atomic E-state index is 0.611. The molecule has 2 rings (SSSR count). The zero-order valence-corrected chi connectivity index (χ0v) is 10.6. The second-order valence-corrected chi connectivity index (χ2v) is 4.94. The van der Waals surface area contributed by atoms with Gasteiger partial charge in [0.05, 0.1) is 22.1 Å². The van der Waals surface area contributed by atoms with Crippen LogP contribution in [0.4, 0.5) is 17.1 Å². The Balaban J connectivity index is 1.87. The van der Waals surface area contributed by atoms with E-state index in [1.54, 1.807) is 11.3 Å². The Bertz CT molecular complexity index is 507. The normalized spacial score (nSPS) is 10.4. The van der Waals surface area contributed by atoms with Crippen LogP contribution in [0.5, 0.6) is 0 Å². The van der Waals surface area contributed by atoms with Crippen LogP contribution in [0, 0.1) is 6.92 Å². The third-order valence-corrected chi connectivity index (χ3v) is 3.29. The van der Waals surface area contributed by atoms with Crippen molar-refractivity contribution in [2.45, 2.75) is 13.3 Å². The maximum absolute atomic E-state index is 5.73. The van der Waals surface area contributed by atoms with Crippen LogP contribution < -0.4 is 16.8 Å². The highest BCUT2D eigenvalue weighted by molar-refractivity contribution is 7.09. The van der Waals surface area contributed by atoms with Gasteiger partial charge in [-0.1, -0.05) is 0 Å². The molecule has 0 unspecified atom stereocenters. The van der Waals surface area contributed by atoms with Crippen LogP contribution in [-0.2, 0) is 6.42 Å². The van der Waals surface area contributed by atoms with Crippen LogP contribution in [0.1, 0.15) is 10.7 Å². The molecular formula is C12H16N4S. The number of thiazole rings is 1. The fourth-order valence-electron chi connectivity index (χ4n) is 1.54. The van der Waals surface area contributed by atoms with E-state index in [0.717, 1.165) is 29.4 Å². The largest absolute Gasteiger partial charge is 0.397 e. The highest BCUT2D eigenvalue weighted by Crippen LogP contribution is 2.19. The van der Waals surface area contributed by atoms with Crippen molar-refractivity contribution in [3.8, 4) is 0 Å². The minimum atomic E-state index is 0.611. The van der Waals surface area contributed by atoms with Crippen molar-refractivity contribution in [3.63, 3.8) is 0 Å². The van der Waals surface area contributed by atoms with Crippen molar-refractivity contribution in [2.75, 3.05) is 23.3 Å². The van der Waals surface area contributed by atoms with Gasteiger partial charge in [-0.15, -0.1) is 11.3 Å². The molecule has 4 nitrogen and oxygen atoms in total. The van der Waals surface area contributed by atoms with Crippen LogP contribution in [0.25, 0.3) is 0 Å². The molecule has 0 saturated carbocycles. The van der Waals surface area contributed by atoms with E-state index in [-0.39, 0.29) is 0 Å². The Morgan fingerprint density at radius 2 is 2.12 bits per heavy atom. The van der Waals surface area contributed by atoms with Gasteiger partial charge in [0, 0.05) is 24.0 Å². The first-order valence-corrected chi connectivity index (χ1v) is 6.33. The highest BCUT2D eigenvalue weighted by atomic mass is 32.1. The number of nitrogens with one attached hydrogen (secondary N) is 1. The number of anilines is 3. The zero-order valence-electron chi connectivity index (χ0n) is 9.73. The van der Waals surface area contributed by atoms with Gasteiger partial charge in [-0.3, -0.25) is 0 Å². The van der Waals surface area contributed by atoms with Gasteiger partial charge in [-0.2, -0.15) is 0 Å². The number of nitrogens with two attached hydrogens (primary N) is 2. The molecule has 17 heavy (non-hydrogen) atoms. The van der Waals surface area contributed by atoms with Gasteiger partial charge in [-0.25, -0.2) is 4.98 Å². The summed E-state index contributed by atoms with van der Waals surface area (Å²) in [6.07, 6.45) is 0.911. The summed E-state index contributed by atoms with van der Waals surface area (Å²) in [6.45, 7) is 2.86. The fraction of sp³-hybridized carbons (Fsp3) is 0.250. The minimum Gasteiger partial charge on any atom is -0.397 e. The topological polar surface area (TPSA) is 77.0 Å². The van der Waals surface area contributed by atoms with E-state index >= 15 is 0 Å². The molecule has 0 bridgehead atoms. The summed E-state index contributed by atoms with van der Waals surface area (Å²) >= 11 is 1.68. The van der Waals surface area contributed by atoms with Gasteiger partial charge in [-0.05, 0) is 25.1 Å². The molecule has 5 N–H and O–H groups in total.